The van der Waals surface area contributed by atoms with E-state index in [0.717, 1.165) is 0 Å². The number of hydrogen-bond acceptors (Lipinski definition) is 5. The summed E-state index contributed by atoms with van der Waals surface area (Å²) in [6.45, 7) is 1.98. The molecule has 1 aromatic carbocycles. The number of rotatable bonds is 4. The van der Waals surface area contributed by atoms with Crippen molar-refractivity contribution in [2.75, 3.05) is 13.7 Å². The van der Waals surface area contributed by atoms with Crippen LogP contribution in [0.15, 0.2) is 21.7 Å². The number of aromatic hydroxyl groups is 1. The van der Waals surface area contributed by atoms with Crippen LogP contribution < -0.4 is 10.2 Å². The van der Waals surface area contributed by atoms with Crippen LogP contribution in [-0.2, 0) is 4.74 Å². The number of amides is 1. The van der Waals surface area contributed by atoms with Gasteiger partial charge in [-0.2, -0.15) is 5.10 Å². The molecular formula is C11H13BrN2O4. The second kappa shape index (κ2) is 6.85. The van der Waals surface area contributed by atoms with Gasteiger partial charge in [0.15, 0.2) is 11.5 Å². The molecule has 0 unspecified atom stereocenters. The summed E-state index contributed by atoms with van der Waals surface area (Å²) in [4.78, 5) is 11.0. The van der Waals surface area contributed by atoms with E-state index in [1.165, 1.54) is 13.3 Å². The van der Waals surface area contributed by atoms with E-state index in [4.69, 9.17) is 4.74 Å². The largest absolute Gasteiger partial charge is 0.503 e. The highest BCUT2D eigenvalue weighted by Crippen LogP contribution is 2.34. The number of halogens is 1. The van der Waals surface area contributed by atoms with Gasteiger partial charge in [0, 0.05) is 0 Å². The zero-order valence-electron chi connectivity index (χ0n) is 9.94. The number of carbonyl (C=O) groups is 1. The second-order valence-electron chi connectivity index (χ2n) is 3.14. The molecule has 0 aliphatic rings. The normalized spacial score (nSPS) is 10.4. The van der Waals surface area contributed by atoms with Gasteiger partial charge in [0.25, 0.3) is 0 Å². The highest BCUT2D eigenvalue weighted by atomic mass is 79.9. The Morgan fingerprint density at radius 2 is 2.33 bits per heavy atom. The quantitative estimate of drug-likeness (QED) is 0.659. The number of ether oxygens (including phenoxy) is 2. The van der Waals surface area contributed by atoms with Gasteiger partial charge in [-0.15, -0.1) is 0 Å². The number of nitrogens with zero attached hydrogens (tertiary/aromatic N) is 1. The van der Waals surface area contributed by atoms with Gasteiger partial charge < -0.3 is 14.6 Å². The molecule has 0 bridgehead atoms. The SMILES string of the molecule is CCOC(=O)N/N=C\c1cc(Br)c(O)c(OC)c1. The Balaban J connectivity index is 2.76. The third-order valence-corrected chi connectivity index (χ3v) is 2.52. The minimum Gasteiger partial charge on any atom is -0.503 e. The molecule has 18 heavy (non-hydrogen) atoms. The molecule has 0 radical (unpaired) electrons. The van der Waals surface area contributed by atoms with Crippen LogP contribution in [0.5, 0.6) is 11.5 Å². The highest BCUT2D eigenvalue weighted by molar-refractivity contribution is 9.10. The molecule has 7 heteroatoms. The summed E-state index contributed by atoms with van der Waals surface area (Å²) in [6, 6.07) is 3.21. The molecule has 1 rings (SSSR count). The Kier molecular flexibility index (Phi) is 5.44. The third-order valence-electron chi connectivity index (χ3n) is 1.92. The van der Waals surface area contributed by atoms with E-state index in [0.29, 0.717) is 15.8 Å². The topological polar surface area (TPSA) is 80.2 Å². The lowest BCUT2D eigenvalue weighted by atomic mass is 10.2. The molecule has 0 aromatic heterocycles. The van der Waals surface area contributed by atoms with Gasteiger partial charge in [-0.05, 0) is 40.5 Å². The molecule has 0 aliphatic heterocycles. The molecule has 0 fully saturated rings. The van der Waals surface area contributed by atoms with Gasteiger partial charge in [0.2, 0.25) is 0 Å². The summed E-state index contributed by atoms with van der Waals surface area (Å²) in [7, 11) is 1.44. The van der Waals surface area contributed by atoms with Gasteiger partial charge in [0.05, 0.1) is 24.4 Å². The molecule has 0 atom stereocenters. The summed E-state index contributed by atoms with van der Waals surface area (Å²) < 4.78 is 10.1. The standard InChI is InChI=1S/C11H13BrN2O4/c1-3-18-11(16)14-13-6-7-4-8(12)10(15)9(5-7)17-2/h4-6,15H,3H2,1-2H3,(H,14,16)/b13-6-. The van der Waals surface area contributed by atoms with Crippen molar-refractivity contribution in [2.24, 2.45) is 5.10 Å². The van der Waals surface area contributed by atoms with Crippen molar-refractivity contribution in [1.82, 2.24) is 5.43 Å². The van der Waals surface area contributed by atoms with Crippen molar-refractivity contribution in [3.05, 3.63) is 22.2 Å². The van der Waals surface area contributed by atoms with Crippen LogP contribution in [0.1, 0.15) is 12.5 Å². The molecule has 98 valence electrons. The molecule has 2 N–H and O–H groups in total. The maximum Gasteiger partial charge on any atom is 0.427 e. The van der Waals surface area contributed by atoms with E-state index in [2.05, 4.69) is 31.2 Å². The van der Waals surface area contributed by atoms with E-state index in [1.54, 1.807) is 19.1 Å². The van der Waals surface area contributed by atoms with E-state index in [1.807, 2.05) is 0 Å². The zero-order valence-corrected chi connectivity index (χ0v) is 11.5. The van der Waals surface area contributed by atoms with Crippen molar-refractivity contribution in [3.8, 4) is 11.5 Å². The lowest BCUT2D eigenvalue weighted by Crippen LogP contribution is -2.18. The number of hydrazone groups is 1. The first-order chi connectivity index (χ1) is 8.58. The monoisotopic (exact) mass is 316 g/mol. The molecule has 0 spiro atoms. The Bertz CT molecular complexity index is 463. The van der Waals surface area contributed by atoms with Crippen LogP contribution in [0.4, 0.5) is 4.79 Å². The fourth-order valence-electron chi connectivity index (χ4n) is 1.15. The summed E-state index contributed by atoms with van der Waals surface area (Å²) >= 11 is 3.18. The first-order valence-electron chi connectivity index (χ1n) is 5.10. The fraction of sp³-hybridized carbons (Fsp3) is 0.273. The molecule has 1 amide bonds. The predicted molar refractivity (Wildman–Crippen MR) is 70.1 cm³/mol. The Hall–Kier alpha value is -1.76. The molecule has 1 aromatic rings. The van der Waals surface area contributed by atoms with Crippen molar-refractivity contribution < 1.29 is 19.4 Å². The Morgan fingerprint density at radius 3 is 2.94 bits per heavy atom. The number of phenolic OH excluding ortho intramolecular Hbond substituents is 1. The zero-order chi connectivity index (χ0) is 13.5. The van der Waals surface area contributed by atoms with Crippen molar-refractivity contribution >= 4 is 28.2 Å². The minimum atomic E-state index is -0.626. The number of hydrogen-bond donors (Lipinski definition) is 2. The van der Waals surface area contributed by atoms with Crippen LogP contribution in [0.25, 0.3) is 0 Å². The molecule has 0 aliphatic carbocycles. The molecular weight excluding hydrogens is 304 g/mol. The van der Waals surface area contributed by atoms with Gasteiger partial charge >= 0.3 is 6.09 Å². The molecule has 0 heterocycles. The van der Waals surface area contributed by atoms with E-state index < -0.39 is 6.09 Å². The second-order valence-corrected chi connectivity index (χ2v) is 4.00. The van der Waals surface area contributed by atoms with Crippen LogP contribution in [0.3, 0.4) is 0 Å². The average molecular weight is 317 g/mol. The van der Waals surface area contributed by atoms with E-state index in [9.17, 15) is 9.90 Å². The molecule has 0 saturated carbocycles. The van der Waals surface area contributed by atoms with Gasteiger partial charge in [0.1, 0.15) is 0 Å². The van der Waals surface area contributed by atoms with E-state index in [-0.39, 0.29) is 12.4 Å². The third kappa shape index (κ3) is 3.92. The van der Waals surface area contributed by atoms with Gasteiger partial charge in [-0.1, -0.05) is 0 Å². The first kappa shape index (κ1) is 14.3. The van der Waals surface area contributed by atoms with E-state index >= 15 is 0 Å². The number of nitrogens with one attached hydrogen (secondary N) is 1. The highest BCUT2D eigenvalue weighted by Gasteiger charge is 2.07. The predicted octanol–water partition coefficient (Wildman–Crippen LogP) is 2.24. The average Bonchev–Trinajstić information content (AvgIpc) is 2.33. The van der Waals surface area contributed by atoms with Gasteiger partial charge in [-0.3, -0.25) is 0 Å². The van der Waals surface area contributed by atoms with Crippen molar-refractivity contribution in [2.45, 2.75) is 6.92 Å². The molecule has 0 saturated heterocycles. The van der Waals surface area contributed by atoms with Crippen LogP contribution in [0.2, 0.25) is 0 Å². The first-order valence-corrected chi connectivity index (χ1v) is 5.90. The van der Waals surface area contributed by atoms with Crippen molar-refractivity contribution in [1.29, 1.82) is 0 Å². The number of carbonyl (C=O) groups excluding carboxylic acids is 1. The van der Waals surface area contributed by atoms with Crippen LogP contribution in [-0.4, -0.2) is 31.1 Å². The smallest absolute Gasteiger partial charge is 0.427 e. The summed E-state index contributed by atoms with van der Waals surface area (Å²) in [6.07, 6.45) is 0.780. The molecule has 6 nitrogen and oxygen atoms in total. The Morgan fingerprint density at radius 1 is 1.61 bits per heavy atom. The minimum absolute atomic E-state index is 0.00741. The maximum absolute atomic E-state index is 11.0. The van der Waals surface area contributed by atoms with Crippen LogP contribution in [0, 0.1) is 0 Å². The lowest BCUT2D eigenvalue weighted by molar-refractivity contribution is 0.152. The van der Waals surface area contributed by atoms with Crippen molar-refractivity contribution in [3.63, 3.8) is 0 Å². The maximum atomic E-state index is 11.0. The summed E-state index contributed by atoms with van der Waals surface area (Å²) in [5, 5.41) is 13.3. The number of benzene rings is 1. The fourth-order valence-corrected chi connectivity index (χ4v) is 1.61. The summed E-state index contributed by atoms with van der Waals surface area (Å²) in [5.41, 5.74) is 2.84. The number of phenols is 1. The lowest BCUT2D eigenvalue weighted by Gasteiger charge is -2.06. The van der Waals surface area contributed by atoms with Gasteiger partial charge in [-0.25, -0.2) is 10.2 Å². The summed E-state index contributed by atoms with van der Waals surface area (Å²) in [5.74, 6) is 0.315. The van der Waals surface area contributed by atoms with Crippen LogP contribution >= 0.6 is 15.9 Å². The number of methoxy groups -OCH3 is 1. The Labute approximate surface area is 113 Å².